The van der Waals surface area contributed by atoms with Gasteiger partial charge in [0.2, 0.25) is 17.7 Å². The summed E-state index contributed by atoms with van der Waals surface area (Å²) in [6, 6.07) is -2.41. The fourth-order valence-corrected chi connectivity index (χ4v) is 4.61. The summed E-state index contributed by atoms with van der Waals surface area (Å²) in [6.07, 6.45) is 2.30. The number of hydrogen-bond donors (Lipinski definition) is 2. The number of hydrogen-bond acceptors (Lipinski definition) is 8. The number of Topliss-reactive ketones (excluding diaryl/α,β-unsaturated/α-hetero) is 1. The van der Waals surface area contributed by atoms with E-state index >= 15 is 0 Å². The first kappa shape index (κ1) is 27.9. The van der Waals surface area contributed by atoms with Gasteiger partial charge in [0.25, 0.3) is 5.78 Å². The zero-order valence-corrected chi connectivity index (χ0v) is 20.9. The van der Waals surface area contributed by atoms with Gasteiger partial charge in [-0.05, 0) is 51.0 Å². The van der Waals surface area contributed by atoms with Gasteiger partial charge in [-0.15, -0.1) is 0 Å². The van der Waals surface area contributed by atoms with Gasteiger partial charge in [-0.25, -0.2) is 4.79 Å². The number of nitrogens with zero attached hydrogens (tertiary/aromatic N) is 1. The van der Waals surface area contributed by atoms with Gasteiger partial charge in [0, 0.05) is 19.1 Å². The highest BCUT2D eigenvalue weighted by molar-refractivity contribution is 6.35. The Hall–Kier alpha value is -2.33. The largest absolute Gasteiger partial charge is 0.460 e. The molecule has 2 fully saturated rings. The Labute approximate surface area is 201 Å². The highest BCUT2D eigenvalue weighted by Gasteiger charge is 2.43. The SMILES string of the molecule is CCOC(=O)C(=O)C(C(C)C)N1CCC[C@H]1C(=O)NC(=O)[C@@H](NC(=O)C1CCOCC1)C(C)C. The van der Waals surface area contributed by atoms with Gasteiger partial charge in [-0.2, -0.15) is 0 Å². The molecule has 192 valence electrons. The van der Waals surface area contributed by atoms with Crippen molar-refractivity contribution >= 4 is 29.5 Å². The average Bonchev–Trinajstić information content (AvgIpc) is 3.26. The van der Waals surface area contributed by atoms with Crippen LogP contribution in [0.1, 0.15) is 60.3 Å². The summed E-state index contributed by atoms with van der Waals surface area (Å²) >= 11 is 0. The lowest BCUT2D eigenvalue weighted by Crippen LogP contribution is -2.58. The number of rotatable bonds is 10. The van der Waals surface area contributed by atoms with Crippen molar-refractivity contribution < 1.29 is 33.4 Å². The Balaban J connectivity index is 2.08. The number of esters is 1. The molecule has 2 aliphatic rings. The second-order valence-corrected chi connectivity index (χ2v) is 9.64. The zero-order chi connectivity index (χ0) is 25.4. The van der Waals surface area contributed by atoms with Crippen LogP contribution in [0, 0.1) is 17.8 Å². The van der Waals surface area contributed by atoms with E-state index in [4.69, 9.17) is 9.47 Å². The smallest absolute Gasteiger partial charge is 0.376 e. The molecule has 1 unspecified atom stereocenters. The van der Waals surface area contributed by atoms with Crippen LogP contribution in [0.15, 0.2) is 0 Å². The maximum absolute atomic E-state index is 13.1. The summed E-state index contributed by atoms with van der Waals surface area (Å²) < 4.78 is 10.2. The van der Waals surface area contributed by atoms with Gasteiger partial charge in [-0.3, -0.25) is 29.4 Å². The molecule has 2 heterocycles. The van der Waals surface area contributed by atoms with Crippen molar-refractivity contribution in [1.82, 2.24) is 15.5 Å². The van der Waals surface area contributed by atoms with E-state index in [1.807, 2.05) is 0 Å². The van der Waals surface area contributed by atoms with Gasteiger partial charge < -0.3 is 14.8 Å². The maximum atomic E-state index is 13.1. The molecule has 2 saturated heterocycles. The van der Waals surface area contributed by atoms with E-state index in [0.717, 1.165) is 0 Å². The van der Waals surface area contributed by atoms with Gasteiger partial charge in [0.05, 0.1) is 18.7 Å². The zero-order valence-electron chi connectivity index (χ0n) is 20.9. The molecule has 0 aromatic carbocycles. The summed E-state index contributed by atoms with van der Waals surface area (Å²) in [5, 5.41) is 5.24. The Morgan fingerprint density at radius 3 is 2.18 bits per heavy atom. The van der Waals surface area contributed by atoms with Crippen LogP contribution in [-0.2, 0) is 33.4 Å². The van der Waals surface area contributed by atoms with Crippen molar-refractivity contribution in [3.63, 3.8) is 0 Å². The Bertz CT molecular complexity index is 762. The molecule has 3 atom stereocenters. The Morgan fingerprint density at radius 1 is 0.971 bits per heavy atom. The number of likely N-dealkylation sites (tertiary alicyclic amines) is 1. The quantitative estimate of drug-likeness (QED) is 0.346. The van der Waals surface area contributed by atoms with E-state index in [2.05, 4.69) is 10.6 Å². The third-order valence-electron chi connectivity index (χ3n) is 6.42. The van der Waals surface area contributed by atoms with Crippen molar-refractivity contribution in [3.05, 3.63) is 0 Å². The number of ether oxygens (including phenoxy) is 2. The second kappa shape index (κ2) is 12.9. The van der Waals surface area contributed by atoms with E-state index in [-0.39, 0.29) is 30.3 Å². The molecule has 0 radical (unpaired) electrons. The van der Waals surface area contributed by atoms with Crippen LogP contribution in [0.5, 0.6) is 0 Å². The normalized spacial score (nSPS) is 21.2. The first-order valence-electron chi connectivity index (χ1n) is 12.3. The predicted octanol–water partition coefficient (Wildman–Crippen LogP) is 0.818. The molecular formula is C24H39N3O7. The Morgan fingerprint density at radius 2 is 1.62 bits per heavy atom. The number of amides is 3. The highest BCUT2D eigenvalue weighted by atomic mass is 16.5. The molecule has 34 heavy (non-hydrogen) atoms. The van der Waals surface area contributed by atoms with Gasteiger partial charge in [0.15, 0.2) is 0 Å². The summed E-state index contributed by atoms with van der Waals surface area (Å²) in [5.74, 6) is -3.61. The molecule has 0 aromatic rings. The van der Waals surface area contributed by atoms with Crippen LogP contribution in [0.25, 0.3) is 0 Å². The molecule has 0 aliphatic carbocycles. The van der Waals surface area contributed by atoms with Crippen LogP contribution in [0.2, 0.25) is 0 Å². The third kappa shape index (κ3) is 7.09. The lowest BCUT2D eigenvalue weighted by molar-refractivity contribution is -0.157. The molecule has 0 aromatic heterocycles. The molecule has 2 aliphatic heterocycles. The monoisotopic (exact) mass is 481 g/mol. The molecule has 0 spiro atoms. The van der Waals surface area contributed by atoms with Crippen molar-refractivity contribution in [3.8, 4) is 0 Å². The molecule has 2 N–H and O–H groups in total. The van der Waals surface area contributed by atoms with E-state index < -0.39 is 41.7 Å². The van der Waals surface area contributed by atoms with Crippen LogP contribution in [-0.4, -0.2) is 78.9 Å². The Kier molecular flexibility index (Phi) is 10.6. The number of carbonyl (C=O) groups excluding carboxylic acids is 5. The summed E-state index contributed by atoms with van der Waals surface area (Å²) in [5.41, 5.74) is 0. The fraction of sp³-hybridized carbons (Fsp3) is 0.792. The number of imide groups is 1. The maximum Gasteiger partial charge on any atom is 0.376 e. The molecule has 0 saturated carbocycles. The standard InChI is InChI=1S/C24H39N3O7/c1-6-34-24(32)20(28)19(15(4)5)27-11-7-8-17(27)22(30)26-23(31)18(14(2)3)25-21(29)16-9-12-33-13-10-16/h14-19H,6-13H2,1-5H3,(H,25,29)(H,26,30,31)/t17-,18-,19?/m0/s1. The third-order valence-corrected chi connectivity index (χ3v) is 6.42. The molecule has 2 rings (SSSR count). The van der Waals surface area contributed by atoms with E-state index in [1.165, 1.54) is 0 Å². The van der Waals surface area contributed by atoms with Crippen molar-refractivity contribution in [2.45, 2.75) is 78.4 Å². The van der Waals surface area contributed by atoms with E-state index in [1.54, 1.807) is 39.5 Å². The summed E-state index contributed by atoms with van der Waals surface area (Å²) in [7, 11) is 0. The van der Waals surface area contributed by atoms with Crippen molar-refractivity contribution in [2.75, 3.05) is 26.4 Å². The minimum absolute atomic E-state index is 0.0873. The molecule has 10 heteroatoms. The topological polar surface area (TPSA) is 131 Å². The average molecular weight is 482 g/mol. The number of nitrogens with one attached hydrogen (secondary N) is 2. The molecule has 3 amide bonds. The van der Waals surface area contributed by atoms with Crippen molar-refractivity contribution in [1.29, 1.82) is 0 Å². The minimum atomic E-state index is -0.918. The highest BCUT2D eigenvalue weighted by Crippen LogP contribution is 2.25. The molecule has 10 nitrogen and oxygen atoms in total. The number of ketones is 1. The predicted molar refractivity (Wildman–Crippen MR) is 123 cm³/mol. The van der Waals surface area contributed by atoms with Crippen molar-refractivity contribution in [2.24, 2.45) is 17.8 Å². The van der Waals surface area contributed by atoms with Gasteiger partial charge in [-0.1, -0.05) is 27.7 Å². The van der Waals surface area contributed by atoms with E-state index in [9.17, 15) is 24.0 Å². The first-order valence-corrected chi connectivity index (χ1v) is 12.3. The van der Waals surface area contributed by atoms with Crippen LogP contribution < -0.4 is 10.6 Å². The van der Waals surface area contributed by atoms with Gasteiger partial charge >= 0.3 is 5.97 Å². The molecule has 0 bridgehead atoms. The van der Waals surface area contributed by atoms with Crippen LogP contribution in [0.3, 0.4) is 0 Å². The molecular weight excluding hydrogens is 442 g/mol. The number of carbonyl (C=O) groups is 5. The van der Waals surface area contributed by atoms with Crippen LogP contribution in [0.4, 0.5) is 0 Å². The van der Waals surface area contributed by atoms with Gasteiger partial charge in [0.1, 0.15) is 6.04 Å². The lowest BCUT2D eigenvalue weighted by Gasteiger charge is -2.33. The first-order chi connectivity index (χ1) is 16.1. The fourth-order valence-electron chi connectivity index (χ4n) is 4.61. The summed E-state index contributed by atoms with van der Waals surface area (Å²) in [4.78, 5) is 65.3. The van der Waals surface area contributed by atoms with Crippen LogP contribution >= 0.6 is 0 Å². The summed E-state index contributed by atoms with van der Waals surface area (Å²) in [6.45, 7) is 10.4. The minimum Gasteiger partial charge on any atom is -0.460 e. The second-order valence-electron chi connectivity index (χ2n) is 9.64. The lowest BCUT2D eigenvalue weighted by atomic mass is 9.96. The van der Waals surface area contributed by atoms with E-state index in [0.29, 0.717) is 45.4 Å².